The van der Waals surface area contributed by atoms with Crippen molar-refractivity contribution in [2.75, 3.05) is 7.11 Å². The van der Waals surface area contributed by atoms with E-state index < -0.39 is 6.29 Å². The maximum Gasteiger partial charge on any atom is 0.157 e. The first-order valence-corrected chi connectivity index (χ1v) is 5.79. The molecule has 0 aromatic rings. The third-order valence-electron chi connectivity index (χ3n) is 3.09. The zero-order valence-corrected chi connectivity index (χ0v) is 10.9. The molecule has 1 rings (SSSR count). The lowest BCUT2D eigenvalue weighted by Crippen LogP contribution is -2.50. The van der Waals surface area contributed by atoms with Crippen LogP contribution < -0.4 is 0 Å². The molecule has 3 heteroatoms. The predicted molar refractivity (Wildman–Crippen MR) is 61.7 cm³/mol. The van der Waals surface area contributed by atoms with Gasteiger partial charge in [-0.25, -0.2) is 0 Å². The number of aliphatic hydroxyl groups is 1. The lowest BCUT2D eigenvalue weighted by molar-refractivity contribution is -0.241. The topological polar surface area (TPSA) is 38.7 Å². The van der Waals surface area contributed by atoms with E-state index in [-0.39, 0.29) is 11.7 Å². The Balaban J connectivity index is 0.000000583. The van der Waals surface area contributed by atoms with Crippen molar-refractivity contribution in [3.63, 3.8) is 0 Å². The van der Waals surface area contributed by atoms with Crippen molar-refractivity contribution in [2.24, 2.45) is 5.92 Å². The fourth-order valence-electron chi connectivity index (χ4n) is 1.71. The van der Waals surface area contributed by atoms with E-state index in [9.17, 15) is 5.11 Å². The molecule has 1 aliphatic rings. The summed E-state index contributed by atoms with van der Waals surface area (Å²) in [7, 11) is 1.68. The van der Waals surface area contributed by atoms with Gasteiger partial charge in [0.15, 0.2) is 6.29 Å². The second-order valence-corrected chi connectivity index (χ2v) is 4.51. The maximum atomic E-state index is 9.36. The zero-order valence-electron chi connectivity index (χ0n) is 10.9. The maximum absolute atomic E-state index is 9.36. The van der Waals surface area contributed by atoms with E-state index >= 15 is 0 Å². The number of aliphatic hydroxyl groups excluding tert-OH is 1. The highest BCUT2D eigenvalue weighted by Gasteiger charge is 2.42. The first-order chi connectivity index (χ1) is 6.91. The summed E-state index contributed by atoms with van der Waals surface area (Å²) < 4.78 is 10.7. The van der Waals surface area contributed by atoms with E-state index in [0.29, 0.717) is 12.3 Å². The number of rotatable bonds is 1. The number of methoxy groups -OCH3 is 1. The Kier molecular flexibility index (Phi) is 6.41. The van der Waals surface area contributed by atoms with Gasteiger partial charge < -0.3 is 14.6 Å². The molecule has 1 aliphatic heterocycles. The summed E-state index contributed by atoms with van der Waals surface area (Å²) in [6, 6.07) is 0. The summed E-state index contributed by atoms with van der Waals surface area (Å²) in [6.45, 7) is 10.3. The third kappa shape index (κ3) is 4.09. The van der Waals surface area contributed by atoms with Crippen LogP contribution in [0.25, 0.3) is 0 Å². The van der Waals surface area contributed by atoms with Gasteiger partial charge >= 0.3 is 0 Å². The molecule has 0 aromatic carbocycles. The Morgan fingerprint density at radius 1 is 1.40 bits per heavy atom. The van der Waals surface area contributed by atoms with Crippen LogP contribution >= 0.6 is 0 Å². The van der Waals surface area contributed by atoms with Gasteiger partial charge in [0.25, 0.3) is 0 Å². The van der Waals surface area contributed by atoms with Crippen LogP contribution in [0.15, 0.2) is 0 Å². The van der Waals surface area contributed by atoms with Crippen molar-refractivity contribution in [1.82, 2.24) is 0 Å². The molecule has 92 valence electrons. The van der Waals surface area contributed by atoms with Crippen LogP contribution in [0.4, 0.5) is 0 Å². The molecule has 0 aliphatic carbocycles. The Bertz CT molecular complexity index is 172. The summed E-state index contributed by atoms with van der Waals surface area (Å²) in [5.74, 6) is 0.311. The van der Waals surface area contributed by atoms with Crippen molar-refractivity contribution in [2.45, 2.75) is 65.5 Å². The lowest BCUT2D eigenvalue weighted by atomic mass is 9.81. The third-order valence-corrected chi connectivity index (χ3v) is 3.09. The molecule has 1 heterocycles. The molecule has 1 N–H and O–H groups in total. The normalized spacial score (nSPS) is 40.6. The molecule has 15 heavy (non-hydrogen) atoms. The van der Waals surface area contributed by atoms with Crippen molar-refractivity contribution in [3.8, 4) is 0 Å². The van der Waals surface area contributed by atoms with Gasteiger partial charge in [-0.15, -0.1) is 0 Å². The van der Waals surface area contributed by atoms with Gasteiger partial charge in [-0.1, -0.05) is 27.2 Å². The summed E-state index contributed by atoms with van der Waals surface area (Å²) in [6.07, 6.45) is 1.18. The highest BCUT2D eigenvalue weighted by molar-refractivity contribution is 4.89. The molecule has 3 nitrogen and oxygen atoms in total. The summed E-state index contributed by atoms with van der Waals surface area (Å²) in [5, 5.41) is 9.36. The van der Waals surface area contributed by atoms with Gasteiger partial charge in [0.1, 0.15) is 0 Å². The van der Waals surface area contributed by atoms with Crippen LogP contribution in [0, 0.1) is 5.92 Å². The minimum absolute atomic E-state index is 0.0544. The summed E-state index contributed by atoms with van der Waals surface area (Å²) in [5.41, 5.74) is -0.253. The summed E-state index contributed by atoms with van der Waals surface area (Å²) in [4.78, 5) is 0. The van der Waals surface area contributed by atoms with Crippen LogP contribution in [0.2, 0.25) is 0 Å². The van der Waals surface area contributed by atoms with Gasteiger partial charge in [0.05, 0.1) is 11.7 Å². The van der Waals surface area contributed by atoms with E-state index in [1.807, 2.05) is 13.8 Å². The van der Waals surface area contributed by atoms with Gasteiger partial charge in [0.2, 0.25) is 0 Å². The van der Waals surface area contributed by atoms with Crippen LogP contribution in [0.1, 0.15) is 47.5 Å². The van der Waals surface area contributed by atoms with Crippen LogP contribution in [0.3, 0.4) is 0 Å². The fourth-order valence-corrected chi connectivity index (χ4v) is 1.71. The van der Waals surface area contributed by atoms with Crippen molar-refractivity contribution >= 4 is 0 Å². The second kappa shape index (κ2) is 6.46. The Morgan fingerprint density at radius 3 is 2.27 bits per heavy atom. The van der Waals surface area contributed by atoms with Gasteiger partial charge in [0, 0.05) is 19.4 Å². The molecule has 0 bridgehead atoms. The molecular weight excluding hydrogens is 192 g/mol. The molecule has 0 radical (unpaired) electrons. The first kappa shape index (κ1) is 14.9. The fraction of sp³-hybridized carbons (Fsp3) is 1.00. The van der Waals surface area contributed by atoms with Crippen molar-refractivity contribution in [1.29, 1.82) is 0 Å². The molecule has 1 saturated heterocycles. The van der Waals surface area contributed by atoms with E-state index in [2.05, 4.69) is 20.8 Å². The average molecular weight is 218 g/mol. The molecule has 0 unspecified atom stereocenters. The Labute approximate surface area is 93.8 Å². The summed E-state index contributed by atoms with van der Waals surface area (Å²) >= 11 is 0. The number of ether oxygens (including phenoxy) is 2. The van der Waals surface area contributed by atoms with E-state index in [1.54, 1.807) is 7.11 Å². The van der Waals surface area contributed by atoms with E-state index in [4.69, 9.17) is 9.47 Å². The molecule has 1 fully saturated rings. The van der Waals surface area contributed by atoms with Crippen LogP contribution in [-0.4, -0.2) is 30.2 Å². The molecule has 0 aromatic heterocycles. The Hall–Kier alpha value is -0.120. The quantitative estimate of drug-likeness (QED) is 0.735. The largest absolute Gasteiger partial charge is 0.378 e. The Morgan fingerprint density at radius 2 is 1.87 bits per heavy atom. The molecule has 0 amide bonds. The zero-order chi connectivity index (χ0) is 12.1. The predicted octanol–water partition coefficient (Wildman–Crippen LogP) is 2.57. The lowest BCUT2D eigenvalue weighted by Gasteiger charge is -2.44. The van der Waals surface area contributed by atoms with E-state index in [0.717, 1.165) is 0 Å². The number of hydrogen-bond acceptors (Lipinski definition) is 3. The highest BCUT2D eigenvalue weighted by atomic mass is 16.6. The monoisotopic (exact) mass is 218 g/mol. The highest BCUT2D eigenvalue weighted by Crippen LogP contribution is 2.35. The van der Waals surface area contributed by atoms with Crippen molar-refractivity contribution in [3.05, 3.63) is 0 Å². The SMILES string of the molecule is CCC.CO[C@]1(C)C[C@H](O)O[C@@H](C)[C@@H]1C. The van der Waals surface area contributed by atoms with Crippen molar-refractivity contribution < 1.29 is 14.6 Å². The van der Waals surface area contributed by atoms with Gasteiger partial charge in [-0.05, 0) is 13.8 Å². The van der Waals surface area contributed by atoms with Crippen LogP contribution in [0.5, 0.6) is 0 Å². The smallest absolute Gasteiger partial charge is 0.157 e. The molecule has 0 saturated carbocycles. The standard InChI is InChI=1S/C9H18O3.C3H8/c1-6-7(2)12-8(10)5-9(6,3)11-4;1-3-2/h6-8,10H,5H2,1-4H3;3H2,1-2H3/t6-,7-,8+,9+;/m0./s1. The van der Waals surface area contributed by atoms with Gasteiger partial charge in [-0.2, -0.15) is 0 Å². The molecular formula is C12H26O3. The molecule has 0 spiro atoms. The van der Waals surface area contributed by atoms with Crippen LogP contribution in [-0.2, 0) is 9.47 Å². The minimum Gasteiger partial charge on any atom is -0.378 e. The average Bonchev–Trinajstić information content (AvgIpc) is 2.15. The number of hydrogen-bond donors (Lipinski definition) is 1. The molecule has 4 atom stereocenters. The second-order valence-electron chi connectivity index (χ2n) is 4.51. The minimum atomic E-state index is -0.679. The van der Waals surface area contributed by atoms with E-state index in [1.165, 1.54) is 6.42 Å². The van der Waals surface area contributed by atoms with Gasteiger partial charge in [-0.3, -0.25) is 0 Å². The first-order valence-electron chi connectivity index (χ1n) is 5.79.